The van der Waals surface area contributed by atoms with Gasteiger partial charge < -0.3 is 20.1 Å². The highest BCUT2D eigenvalue weighted by Crippen LogP contribution is 2.28. The third-order valence-electron chi connectivity index (χ3n) is 5.08. The van der Waals surface area contributed by atoms with Gasteiger partial charge in [-0.15, -0.1) is 0 Å². The first-order valence-corrected chi connectivity index (χ1v) is 9.74. The fraction of sp³-hybridized carbons (Fsp3) is 0.333. The SMILES string of the molecule is CC1(Nc2nccc(C3=CCN([C@H](CO)c4ccc(Cl)c(F)c4)C=C3)n2)COC1. The van der Waals surface area contributed by atoms with E-state index in [-0.39, 0.29) is 23.2 Å². The normalized spacial score (nSPS) is 18.8. The predicted octanol–water partition coefficient (Wildman–Crippen LogP) is 3.42. The lowest BCUT2D eigenvalue weighted by molar-refractivity contribution is -0.0322. The second-order valence-electron chi connectivity index (χ2n) is 7.49. The zero-order valence-electron chi connectivity index (χ0n) is 16.0. The van der Waals surface area contributed by atoms with E-state index in [4.69, 9.17) is 16.3 Å². The standard InChI is InChI=1S/C21H22ClFN4O2/c1-21(12-29-13-21)26-20-24-7-4-18(25-20)14-5-8-27(9-6-14)19(11-28)15-2-3-16(22)17(23)10-15/h2-8,10,19,28H,9,11-13H2,1H3,(H,24,25,26)/t19-/m1/s1. The maximum absolute atomic E-state index is 13.8. The average molecular weight is 417 g/mol. The van der Waals surface area contributed by atoms with Gasteiger partial charge in [-0.2, -0.15) is 0 Å². The van der Waals surface area contributed by atoms with Crippen LogP contribution in [0.3, 0.4) is 0 Å². The summed E-state index contributed by atoms with van der Waals surface area (Å²) in [5, 5.41) is 13.2. The van der Waals surface area contributed by atoms with Gasteiger partial charge in [0.1, 0.15) is 5.82 Å². The molecule has 0 bridgehead atoms. The van der Waals surface area contributed by atoms with Gasteiger partial charge in [-0.25, -0.2) is 14.4 Å². The van der Waals surface area contributed by atoms with Crippen LogP contribution in [-0.2, 0) is 4.74 Å². The summed E-state index contributed by atoms with van der Waals surface area (Å²) >= 11 is 5.77. The molecule has 29 heavy (non-hydrogen) atoms. The van der Waals surface area contributed by atoms with Crippen LogP contribution in [0.15, 0.2) is 48.8 Å². The lowest BCUT2D eigenvalue weighted by atomic mass is 10.0. The Morgan fingerprint density at radius 2 is 2.21 bits per heavy atom. The van der Waals surface area contributed by atoms with Crippen LogP contribution >= 0.6 is 11.6 Å². The van der Waals surface area contributed by atoms with E-state index >= 15 is 0 Å². The number of anilines is 1. The molecule has 152 valence electrons. The molecule has 8 heteroatoms. The van der Waals surface area contributed by atoms with Crippen molar-refractivity contribution in [2.75, 3.05) is 31.7 Å². The molecule has 4 rings (SSSR count). The molecule has 3 heterocycles. The van der Waals surface area contributed by atoms with E-state index in [1.807, 2.05) is 29.3 Å². The quantitative estimate of drug-likeness (QED) is 0.752. The highest BCUT2D eigenvalue weighted by Gasteiger charge is 2.34. The lowest BCUT2D eigenvalue weighted by Crippen LogP contribution is -2.53. The highest BCUT2D eigenvalue weighted by atomic mass is 35.5. The van der Waals surface area contributed by atoms with Crippen LogP contribution in [0.2, 0.25) is 5.02 Å². The number of ether oxygens (including phenoxy) is 1. The largest absolute Gasteiger partial charge is 0.394 e. The summed E-state index contributed by atoms with van der Waals surface area (Å²) in [4.78, 5) is 10.8. The molecule has 0 aliphatic carbocycles. The number of allylic oxidation sites excluding steroid dienone is 2. The molecular weight excluding hydrogens is 395 g/mol. The van der Waals surface area contributed by atoms with Crippen molar-refractivity contribution < 1.29 is 14.2 Å². The minimum atomic E-state index is -0.494. The van der Waals surface area contributed by atoms with Crippen molar-refractivity contribution in [1.82, 2.24) is 14.9 Å². The first-order chi connectivity index (χ1) is 14.0. The van der Waals surface area contributed by atoms with Gasteiger partial charge in [-0.3, -0.25) is 0 Å². The molecule has 0 unspecified atom stereocenters. The van der Waals surface area contributed by atoms with Gasteiger partial charge in [-0.1, -0.05) is 23.7 Å². The summed E-state index contributed by atoms with van der Waals surface area (Å²) in [5.74, 6) is 0.0707. The van der Waals surface area contributed by atoms with E-state index < -0.39 is 5.82 Å². The van der Waals surface area contributed by atoms with Crippen molar-refractivity contribution in [3.05, 3.63) is 70.9 Å². The molecule has 1 saturated heterocycles. The third-order valence-corrected chi connectivity index (χ3v) is 5.38. The number of hydrogen-bond donors (Lipinski definition) is 2. The molecule has 2 aromatic rings. The smallest absolute Gasteiger partial charge is 0.223 e. The summed E-state index contributed by atoms with van der Waals surface area (Å²) in [7, 11) is 0. The molecule has 1 aromatic carbocycles. The fourth-order valence-corrected chi connectivity index (χ4v) is 3.50. The summed E-state index contributed by atoms with van der Waals surface area (Å²) in [6.07, 6.45) is 7.56. The number of aliphatic hydroxyl groups is 1. The molecule has 1 atom stereocenters. The number of rotatable bonds is 6. The minimum Gasteiger partial charge on any atom is -0.394 e. The second-order valence-corrected chi connectivity index (χ2v) is 7.90. The second kappa shape index (κ2) is 8.10. The van der Waals surface area contributed by atoms with Gasteiger partial charge in [0.15, 0.2) is 0 Å². The van der Waals surface area contributed by atoms with Crippen LogP contribution in [0.5, 0.6) is 0 Å². The summed E-state index contributed by atoms with van der Waals surface area (Å²) in [5.41, 5.74) is 2.30. The Balaban J connectivity index is 1.48. The number of nitrogens with one attached hydrogen (secondary N) is 1. The maximum Gasteiger partial charge on any atom is 0.223 e. The van der Waals surface area contributed by atoms with Crippen LogP contribution in [0.25, 0.3) is 5.57 Å². The first kappa shape index (κ1) is 19.8. The molecule has 1 aromatic heterocycles. The summed E-state index contributed by atoms with van der Waals surface area (Å²) in [6, 6.07) is 6.09. The van der Waals surface area contributed by atoms with Gasteiger partial charge in [0.2, 0.25) is 5.95 Å². The van der Waals surface area contributed by atoms with Crippen LogP contribution in [-0.4, -0.2) is 51.9 Å². The van der Waals surface area contributed by atoms with Crippen LogP contribution in [0, 0.1) is 5.82 Å². The number of aliphatic hydroxyl groups excluding tert-OH is 1. The lowest BCUT2D eigenvalue weighted by Gasteiger charge is -2.38. The van der Waals surface area contributed by atoms with Gasteiger partial charge in [0.05, 0.1) is 42.1 Å². The summed E-state index contributed by atoms with van der Waals surface area (Å²) < 4.78 is 19.1. The van der Waals surface area contributed by atoms with Crippen molar-refractivity contribution in [3.63, 3.8) is 0 Å². The minimum absolute atomic E-state index is 0.0669. The van der Waals surface area contributed by atoms with Crippen molar-refractivity contribution in [2.45, 2.75) is 18.5 Å². The Kier molecular flexibility index (Phi) is 5.54. The van der Waals surface area contributed by atoms with Gasteiger partial charge >= 0.3 is 0 Å². The molecule has 0 radical (unpaired) electrons. The Hall–Kier alpha value is -2.48. The Morgan fingerprint density at radius 1 is 1.38 bits per heavy atom. The number of aromatic nitrogens is 2. The molecular formula is C21H22ClFN4O2. The molecule has 0 spiro atoms. The van der Waals surface area contributed by atoms with Crippen molar-refractivity contribution in [2.24, 2.45) is 0 Å². The van der Waals surface area contributed by atoms with Gasteiger partial charge in [0.25, 0.3) is 0 Å². The van der Waals surface area contributed by atoms with Crippen molar-refractivity contribution in [3.8, 4) is 0 Å². The number of benzene rings is 1. The zero-order chi connectivity index (χ0) is 20.4. The molecule has 2 N–H and O–H groups in total. The van der Waals surface area contributed by atoms with E-state index in [2.05, 4.69) is 22.2 Å². The van der Waals surface area contributed by atoms with Gasteiger partial charge in [-0.05, 0) is 42.3 Å². The predicted molar refractivity (Wildman–Crippen MR) is 110 cm³/mol. The maximum atomic E-state index is 13.8. The van der Waals surface area contributed by atoms with Crippen LogP contribution in [0.4, 0.5) is 10.3 Å². The molecule has 2 aliphatic rings. The van der Waals surface area contributed by atoms with E-state index in [0.717, 1.165) is 11.3 Å². The zero-order valence-corrected chi connectivity index (χ0v) is 16.7. The van der Waals surface area contributed by atoms with Crippen LogP contribution < -0.4 is 5.32 Å². The van der Waals surface area contributed by atoms with Crippen molar-refractivity contribution in [1.29, 1.82) is 0 Å². The van der Waals surface area contributed by atoms with E-state index in [1.165, 1.54) is 12.1 Å². The van der Waals surface area contributed by atoms with E-state index in [1.54, 1.807) is 12.3 Å². The monoisotopic (exact) mass is 416 g/mol. The Labute approximate surface area is 173 Å². The summed E-state index contributed by atoms with van der Waals surface area (Å²) in [6.45, 7) is 3.74. The van der Waals surface area contributed by atoms with E-state index in [9.17, 15) is 9.50 Å². The molecule has 6 nitrogen and oxygen atoms in total. The van der Waals surface area contributed by atoms with Crippen LogP contribution in [0.1, 0.15) is 24.2 Å². The number of hydrogen-bond acceptors (Lipinski definition) is 6. The molecule has 1 fully saturated rings. The van der Waals surface area contributed by atoms with Crippen molar-refractivity contribution >= 4 is 23.1 Å². The highest BCUT2D eigenvalue weighted by molar-refractivity contribution is 6.30. The third kappa shape index (κ3) is 4.27. The molecule has 0 amide bonds. The molecule has 0 saturated carbocycles. The topological polar surface area (TPSA) is 70.5 Å². The first-order valence-electron chi connectivity index (χ1n) is 9.37. The number of nitrogens with zero attached hydrogens (tertiary/aromatic N) is 3. The van der Waals surface area contributed by atoms with E-state index in [0.29, 0.717) is 31.3 Å². The van der Waals surface area contributed by atoms with Gasteiger partial charge in [0, 0.05) is 18.9 Å². The molecule has 2 aliphatic heterocycles. The Bertz CT molecular complexity index is 961. The fourth-order valence-electron chi connectivity index (χ4n) is 3.38. The number of halogens is 2. The average Bonchev–Trinajstić information content (AvgIpc) is 2.71. The Morgan fingerprint density at radius 3 is 2.83 bits per heavy atom.